The normalized spacial score (nSPS) is 30.5. The maximum atomic E-state index is 14.1. The molecule has 2 aliphatic rings. The number of allylic oxidation sites excluding steroid dienone is 1. The summed E-state index contributed by atoms with van der Waals surface area (Å²) in [5.41, 5.74) is -1.21. The van der Waals surface area contributed by atoms with Gasteiger partial charge in [-0.2, -0.15) is 8.62 Å². The molecular formula is C14H22FN2O12P3. The smallest absolute Gasteiger partial charge is 0.392 e. The molecule has 1 fully saturated rings. The Labute approximate surface area is 181 Å². The molecule has 0 saturated heterocycles. The van der Waals surface area contributed by atoms with Crippen molar-refractivity contribution in [3.63, 3.8) is 0 Å². The van der Waals surface area contributed by atoms with E-state index < -0.39 is 60.3 Å². The fourth-order valence-corrected chi connectivity index (χ4v) is 6.27. The zero-order chi connectivity index (χ0) is 24.7. The van der Waals surface area contributed by atoms with Gasteiger partial charge in [-0.25, -0.2) is 22.9 Å². The Morgan fingerprint density at radius 2 is 1.81 bits per heavy atom. The number of carbonyl (C=O) groups is 1. The highest BCUT2D eigenvalue weighted by molar-refractivity contribution is 7.66. The van der Waals surface area contributed by atoms with E-state index in [0.717, 1.165) is 4.90 Å². The molecule has 1 saturated carbocycles. The highest BCUT2D eigenvalue weighted by Gasteiger charge is 2.54. The number of aliphatic hydroxyl groups is 1. The quantitative estimate of drug-likeness (QED) is 0.187. The van der Waals surface area contributed by atoms with E-state index in [9.17, 15) is 37.8 Å². The molecular weight excluding hydrogens is 500 g/mol. The second-order valence-corrected chi connectivity index (χ2v) is 11.5. The number of rotatable bonds is 9. The summed E-state index contributed by atoms with van der Waals surface area (Å²) in [4.78, 5) is 49.3. The lowest BCUT2D eigenvalue weighted by Crippen LogP contribution is -2.46. The number of nitrogens with zero attached hydrogens (tertiary/aromatic N) is 1. The van der Waals surface area contributed by atoms with E-state index in [4.69, 9.17) is 9.79 Å². The molecule has 0 aromatic carbocycles. The first-order valence-corrected chi connectivity index (χ1v) is 13.1. The fraction of sp³-hybridized carbons (Fsp3) is 0.500. The number of hydrogen-bond donors (Lipinski definition) is 6. The summed E-state index contributed by atoms with van der Waals surface area (Å²) in [6.07, 6.45) is -0.393. The predicted molar refractivity (Wildman–Crippen MR) is 105 cm³/mol. The van der Waals surface area contributed by atoms with Gasteiger partial charge in [0.2, 0.25) is 0 Å². The number of carbonyl (C=O) groups excluding carboxylic acids is 1. The van der Waals surface area contributed by atoms with Crippen molar-refractivity contribution in [1.82, 2.24) is 10.2 Å². The highest BCUT2D eigenvalue weighted by atomic mass is 31.3. The number of amides is 2. The fourth-order valence-electron chi connectivity index (χ4n) is 3.18. The monoisotopic (exact) mass is 522 g/mol. The number of urea groups is 1. The van der Waals surface area contributed by atoms with Crippen molar-refractivity contribution >= 4 is 29.5 Å². The Hall–Kier alpha value is -1.21. The highest BCUT2D eigenvalue weighted by Crippen LogP contribution is 2.66. The summed E-state index contributed by atoms with van der Waals surface area (Å²) in [6.45, 7) is 6.50. The topological polar surface area (TPSA) is 212 Å². The number of hydrogen-bond acceptors (Lipinski definition) is 8. The summed E-state index contributed by atoms with van der Waals surface area (Å²) in [5.74, 6) is 0. The third kappa shape index (κ3) is 6.02. The molecule has 1 aliphatic heterocycles. The molecule has 182 valence electrons. The largest absolute Gasteiger partial charge is 0.490 e. The number of alkyl halides is 1. The molecule has 0 bridgehead atoms. The molecule has 0 aromatic heterocycles. The Bertz CT molecular complexity index is 995. The van der Waals surface area contributed by atoms with E-state index in [2.05, 4.69) is 31.6 Å². The molecule has 1 aliphatic carbocycles. The van der Waals surface area contributed by atoms with Crippen molar-refractivity contribution < 1.29 is 60.7 Å². The van der Waals surface area contributed by atoms with Crippen LogP contribution in [0.2, 0.25) is 0 Å². The molecule has 2 unspecified atom stereocenters. The van der Waals surface area contributed by atoms with Crippen LogP contribution in [0.4, 0.5) is 9.18 Å². The average molecular weight is 522 g/mol. The molecule has 2 amide bonds. The molecule has 5 atom stereocenters. The van der Waals surface area contributed by atoms with Crippen molar-refractivity contribution in [2.24, 2.45) is 5.41 Å². The SMILES string of the molecule is C=C1NC(=O)N([C@H]2C[C@H](O)[C@@](CF)(COP(=O)(O)OP(=O)(O)OP(=O)(O)O)C2=C)C=C1C. The zero-order valence-electron chi connectivity index (χ0n) is 16.5. The average Bonchev–Trinajstić information content (AvgIpc) is 2.84. The van der Waals surface area contributed by atoms with Gasteiger partial charge >= 0.3 is 29.5 Å². The van der Waals surface area contributed by atoms with Gasteiger partial charge in [-0.15, -0.1) is 0 Å². The number of phosphoric acid groups is 3. The van der Waals surface area contributed by atoms with Gasteiger partial charge in [-0.1, -0.05) is 13.2 Å². The Kier molecular flexibility index (Phi) is 7.78. The Balaban J connectivity index is 2.21. The van der Waals surface area contributed by atoms with E-state index in [1.54, 1.807) is 6.92 Å². The third-order valence-corrected chi connectivity index (χ3v) is 8.69. The lowest BCUT2D eigenvalue weighted by atomic mass is 9.83. The van der Waals surface area contributed by atoms with Crippen LogP contribution in [0.15, 0.2) is 36.2 Å². The van der Waals surface area contributed by atoms with Gasteiger partial charge in [0.15, 0.2) is 0 Å². The second kappa shape index (κ2) is 9.21. The minimum Gasteiger partial charge on any atom is -0.392 e. The van der Waals surface area contributed by atoms with E-state index in [0.29, 0.717) is 11.3 Å². The van der Waals surface area contributed by atoms with Gasteiger partial charge in [-0.05, 0) is 24.5 Å². The van der Waals surface area contributed by atoms with Gasteiger partial charge in [0.25, 0.3) is 0 Å². The van der Waals surface area contributed by atoms with Crippen molar-refractivity contribution in [2.75, 3.05) is 13.3 Å². The van der Waals surface area contributed by atoms with Crippen molar-refractivity contribution in [1.29, 1.82) is 0 Å². The first-order valence-electron chi connectivity index (χ1n) is 8.62. The lowest BCUT2D eigenvalue weighted by molar-refractivity contribution is 0.0104. The van der Waals surface area contributed by atoms with Crippen LogP contribution in [0.1, 0.15) is 13.3 Å². The Morgan fingerprint density at radius 3 is 2.34 bits per heavy atom. The standard InChI is InChI=1S/C14H22FN2O12P3/c1-8-5-17(13(19)16-10(8)3)11-4-12(18)14(6-15,9(11)2)7-27-31(23,24)29-32(25,26)28-30(20,21)22/h5,11-12,18H,2-4,6-7H2,1H3,(H,16,19)(H,23,24)(H,25,26)(H2,20,21,22)/t11-,12-,14-/m0/s1. The number of halogens is 1. The molecule has 2 rings (SSSR count). The van der Waals surface area contributed by atoms with Crippen LogP contribution in [0.3, 0.4) is 0 Å². The first kappa shape index (κ1) is 27.0. The van der Waals surface area contributed by atoms with E-state index in [1.807, 2.05) is 0 Å². The molecule has 1 heterocycles. The van der Waals surface area contributed by atoms with Gasteiger partial charge in [0.1, 0.15) is 6.67 Å². The molecule has 0 radical (unpaired) electrons. The van der Waals surface area contributed by atoms with Gasteiger partial charge in [0, 0.05) is 11.9 Å². The van der Waals surface area contributed by atoms with Gasteiger partial charge in [0.05, 0.1) is 24.2 Å². The molecule has 0 spiro atoms. The van der Waals surface area contributed by atoms with Crippen LogP contribution in [-0.2, 0) is 26.8 Å². The zero-order valence-corrected chi connectivity index (χ0v) is 19.2. The third-order valence-electron chi connectivity index (χ3n) is 4.90. The summed E-state index contributed by atoms with van der Waals surface area (Å²) in [5, 5.41) is 12.9. The molecule has 18 heteroatoms. The van der Waals surface area contributed by atoms with Crippen molar-refractivity contribution in [2.45, 2.75) is 25.5 Å². The van der Waals surface area contributed by atoms with Crippen molar-refractivity contribution in [3.8, 4) is 0 Å². The predicted octanol–water partition coefficient (Wildman–Crippen LogP) is 1.42. The van der Waals surface area contributed by atoms with Gasteiger partial charge < -0.3 is 30.0 Å². The van der Waals surface area contributed by atoms with Crippen LogP contribution in [0, 0.1) is 5.41 Å². The first-order chi connectivity index (χ1) is 14.4. The minimum atomic E-state index is -5.77. The minimum absolute atomic E-state index is 0.0853. The molecule has 6 N–H and O–H groups in total. The maximum absolute atomic E-state index is 14.1. The van der Waals surface area contributed by atoms with Gasteiger partial charge in [-0.3, -0.25) is 9.42 Å². The van der Waals surface area contributed by atoms with Crippen LogP contribution in [0.25, 0.3) is 0 Å². The lowest BCUT2D eigenvalue weighted by Gasteiger charge is -2.34. The number of phosphoric ester groups is 1. The van der Waals surface area contributed by atoms with Crippen molar-refractivity contribution in [3.05, 3.63) is 36.2 Å². The van der Waals surface area contributed by atoms with E-state index in [1.165, 1.54) is 6.20 Å². The summed E-state index contributed by atoms with van der Waals surface area (Å²) >= 11 is 0. The van der Waals surface area contributed by atoms with Crippen LogP contribution in [-0.4, -0.2) is 61.0 Å². The number of nitrogens with one attached hydrogen (secondary N) is 1. The second-order valence-electron chi connectivity index (χ2n) is 7.07. The summed E-state index contributed by atoms with van der Waals surface area (Å²) in [6, 6.07) is -1.59. The Morgan fingerprint density at radius 1 is 1.22 bits per heavy atom. The number of aliphatic hydroxyl groups excluding tert-OH is 1. The summed E-state index contributed by atoms with van der Waals surface area (Å²) in [7, 11) is -16.9. The van der Waals surface area contributed by atoms with Crippen LogP contribution >= 0.6 is 23.5 Å². The van der Waals surface area contributed by atoms with E-state index >= 15 is 0 Å². The summed E-state index contributed by atoms with van der Waals surface area (Å²) < 4.78 is 59.8. The van der Waals surface area contributed by atoms with Crippen LogP contribution < -0.4 is 5.32 Å². The van der Waals surface area contributed by atoms with Crippen LogP contribution in [0.5, 0.6) is 0 Å². The molecule has 0 aromatic rings. The molecule has 14 nitrogen and oxygen atoms in total. The maximum Gasteiger partial charge on any atom is 0.490 e. The molecule has 32 heavy (non-hydrogen) atoms. The van der Waals surface area contributed by atoms with E-state index in [-0.39, 0.29) is 12.0 Å².